The minimum absolute atomic E-state index is 0.00733. The second-order valence-electron chi connectivity index (χ2n) is 4.35. The second kappa shape index (κ2) is 5.28. The molecule has 0 saturated heterocycles. The van der Waals surface area contributed by atoms with Crippen molar-refractivity contribution in [1.29, 1.82) is 0 Å². The van der Waals surface area contributed by atoms with Gasteiger partial charge in [0.05, 0.1) is 5.56 Å². The summed E-state index contributed by atoms with van der Waals surface area (Å²) in [6, 6.07) is 1.91. The van der Waals surface area contributed by atoms with Gasteiger partial charge in [-0.3, -0.25) is 15.0 Å². The molecule has 3 aromatic rings. The predicted molar refractivity (Wildman–Crippen MR) is 75.4 cm³/mol. The van der Waals surface area contributed by atoms with Crippen LogP contribution in [0.15, 0.2) is 23.7 Å². The molecule has 9 heteroatoms. The fraction of sp³-hybridized carbons (Fsp3) is 0. The molecular weight excluding hydrogens is 314 g/mol. The van der Waals surface area contributed by atoms with Gasteiger partial charge in [0.15, 0.2) is 16.6 Å². The Balaban J connectivity index is 2.04. The number of ketones is 1. The van der Waals surface area contributed by atoms with Crippen LogP contribution in [0.25, 0.3) is 10.9 Å². The maximum absolute atomic E-state index is 13.3. The number of nitrogens with two attached hydrogens (primary N) is 1. The lowest BCUT2D eigenvalue weighted by molar-refractivity contribution is 0.0949. The number of nitrogens with one attached hydrogen (secondary N) is 2. The summed E-state index contributed by atoms with van der Waals surface area (Å²) in [6.45, 7) is 0. The van der Waals surface area contributed by atoms with Gasteiger partial charge in [0, 0.05) is 28.5 Å². The number of aromatic nitrogens is 2. The average molecular weight is 322 g/mol. The van der Waals surface area contributed by atoms with Crippen LogP contribution in [0.2, 0.25) is 0 Å². The van der Waals surface area contributed by atoms with Crippen LogP contribution in [-0.4, -0.2) is 21.7 Å². The van der Waals surface area contributed by atoms with E-state index in [2.05, 4.69) is 9.97 Å². The van der Waals surface area contributed by atoms with E-state index in [9.17, 15) is 18.4 Å². The molecule has 0 atom stereocenters. The number of hydrogen-bond donors (Lipinski definition) is 3. The summed E-state index contributed by atoms with van der Waals surface area (Å²) >= 11 is 0.957. The van der Waals surface area contributed by atoms with Gasteiger partial charge >= 0.3 is 0 Å². The standard InChI is InChI=1S/C13H8F2N4O2S/c14-7-1-5-6(3-17-9(5)2-8(7)15)11(20)13-18-10(4-22-13)12(21)19-16/h1-4,17H,16H2,(H,19,21). The second-order valence-corrected chi connectivity index (χ2v) is 5.21. The molecular formula is C13H8F2N4O2S. The first-order chi connectivity index (χ1) is 10.5. The summed E-state index contributed by atoms with van der Waals surface area (Å²) in [7, 11) is 0. The highest BCUT2D eigenvalue weighted by atomic mass is 32.1. The van der Waals surface area contributed by atoms with Crippen molar-refractivity contribution < 1.29 is 18.4 Å². The first-order valence-corrected chi connectivity index (χ1v) is 6.86. The van der Waals surface area contributed by atoms with Crippen molar-refractivity contribution in [3.05, 3.63) is 51.6 Å². The van der Waals surface area contributed by atoms with Gasteiger partial charge in [-0.05, 0) is 6.07 Å². The molecule has 4 N–H and O–H groups in total. The molecule has 0 aliphatic rings. The van der Waals surface area contributed by atoms with Crippen LogP contribution in [0.3, 0.4) is 0 Å². The number of nitrogens with zero attached hydrogens (tertiary/aromatic N) is 1. The number of carbonyl (C=O) groups is 2. The number of thiazole rings is 1. The summed E-state index contributed by atoms with van der Waals surface area (Å²) in [4.78, 5) is 30.3. The van der Waals surface area contributed by atoms with Crippen molar-refractivity contribution in [3.8, 4) is 0 Å². The van der Waals surface area contributed by atoms with Crippen molar-refractivity contribution in [2.75, 3.05) is 0 Å². The predicted octanol–water partition coefficient (Wildman–Crippen LogP) is 1.74. The molecule has 0 aliphatic heterocycles. The fourth-order valence-corrected chi connectivity index (χ4v) is 2.73. The molecule has 3 rings (SSSR count). The van der Waals surface area contributed by atoms with E-state index in [-0.39, 0.29) is 21.7 Å². The van der Waals surface area contributed by atoms with Gasteiger partial charge in [0.2, 0.25) is 5.78 Å². The van der Waals surface area contributed by atoms with E-state index in [1.165, 1.54) is 11.6 Å². The maximum atomic E-state index is 13.3. The third-order valence-corrected chi connectivity index (χ3v) is 3.87. The first kappa shape index (κ1) is 14.3. The highest BCUT2D eigenvalue weighted by Gasteiger charge is 2.20. The number of aromatic amines is 1. The summed E-state index contributed by atoms with van der Waals surface area (Å²) in [5.41, 5.74) is 2.35. The van der Waals surface area contributed by atoms with Gasteiger partial charge in [-0.1, -0.05) is 0 Å². The molecule has 1 amide bonds. The normalized spacial score (nSPS) is 10.9. The van der Waals surface area contributed by atoms with E-state index in [0.717, 1.165) is 23.5 Å². The van der Waals surface area contributed by atoms with E-state index < -0.39 is 23.3 Å². The number of rotatable bonds is 3. The number of carbonyl (C=O) groups excluding carboxylic acids is 2. The molecule has 1 aromatic carbocycles. The Kier molecular flexibility index (Phi) is 3.43. The third kappa shape index (κ3) is 2.26. The van der Waals surface area contributed by atoms with Crippen LogP contribution in [0.4, 0.5) is 8.78 Å². The van der Waals surface area contributed by atoms with E-state index in [1.54, 1.807) is 0 Å². The van der Waals surface area contributed by atoms with E-state index in [1.807, 2.05) is 5.43 Å². The molecule has 22 heavy (non-hydrogen) atoms. The topological polar surface area (TPSA) is 101 Å². The van der Waals surface area contributed by atoms with Crippen molar-refractivity contribution in [2.45, 2.75) is 0 Å². The van der Waals surface area contributed by atoms with Crippen LogP contribution in [0.1, 0.15) is 25.9 Å². The zero-order chi connectivity index (χ0) is 15.9. The Bertz CT molecular complexity index is 903. The number of amides is 1. The number of nitrogen functional groups attached to an aromatic ring is 1. The van der Waals surface area contributed by atoms with Gasteiger partial charge < -0.3 is 4.98 Å². The van der Waals surface area contributed by atoms with Crippen molar-refractivity contribution in [1.82, 2.24) is 15.4 Å². The van der Waals surface area contributed by atoms with Crippen LogP contribution in [-0.2, 0) is 0 Å². The molecule has 112 valence electrons. The molecule has 0 fully saturated rings. The third-order valence-electron chi connectivity index (χ3n) is 3.03. The number of hydrazine groups is 1. The number of hydrogen-bond acceptors (Lipinski definition) is 5. The SMILES string of the molecule is NNC(=O)c1csc(C(=O)c2c[nH]c3cc(F)c(F)cc23)n1. The molecule has 6 nitrogen and oxygen atoms in total. The smallest absolute Gasteiger partial charge is 0.284 e. The van der Waals surface area contributed by atoms with E-state index >= 15 is 0 Å². The van der Waals surface area contributed by atoms with Crippen LogP contribution < -0.4 is 11.3 Å². The van der Waals surface area contributed by atoms with Crippen LogP contribution in [0, 0.1) is 11.6 Å². The summed E-state index contributed by atoms with van der Waals surface area (Å²) in [5, 5.41) is 1.66. The van der Waals surface area contributed by atoms with Gasteiger partial charge in [0.1, 0.15) is 5.69 Å². The Morgan fingerprint density at radius 1 is 1.27 bits per heavy atom. The quantitative estimate of drug-likeness (QED) is 0.296. The Morgan fingerprint density at radius 2 is 2.00 bits per heavy atom. The molecule has 0 radical (unpaired) electrons. The molecule has 0 unspecified atom stereocenters. The van der Waals surface area contributed by atoms with Gasteiger partial charge in [-0.2, -0.15) is 0 Å². The van der Waals surface area contributed by atoms with Gasteiger partial charge in [-0.15, -0.1) is 11.3 Å². The zero-order valence-electron chi connectivity index (χ0n) is 10.8. The first-order valence-electron chi connectivity index (χ1n) is 5.98. The minimum atomic E-state index is -1.05. The number of halogens is 2. The molecule has 0 saturated carbocycles. The van der Waals surface area contributed by atoms with E-state index in [4.69, 9.17) is 5.84 Å². The van der Waals surface area contributed by atoms with Gasteiger partial charge in [0.25, 0.3) is 5.91 Å². The lowest BCUT2D eigenvalue weighted by Crippen LogP contribution is -2.30. The average Bonchev–Trinajstić information content (AvgIpc) is 3.13. The van der Waals surface area contributed by atoms with E-state index in [0.29, 0.717) is 5.52 Å². The van der Waals surface area contributed by atoms with Crippen molar-refractivity contribution >= 4 is 33.9 Å². The number of benzene rings is 1. The van der Waals surface area contributed by atoms with Crippen LogP contribution >= 0.6 is 11.3 Å². The molecule has 2 heterocycles. The summed E-state index contributed by atoms with van der Waals surface area (Å²) in [5.74, 6) is 1.80. The molecule has 2 aromatic heterocycles. The highest BCUT2D eigenvalue weighted by Crippen LogP contribution is 2.25. The Hall–Kier alpha value is -2.65. The zero-order valence-corrected chi connectivity index (χ0v) is 11.6. The summed E-state index contributed by atoms with van der Waals surface area (Å²) in [6.07, 6.45) is 1.34. The van der Waals surface area contributed by atoms with Crippen molar-refractivity contribution in [2.24, 2.45) is 5.84 Å². The van der Waals surface area contributed by atoms with Gasteiger partial charge in [-0.25, -0.2) is 19.6 Å². The largest absolute Gasteiger partial charge is 0.360 e. The maximum Gasteiger partial charge on any atom is 0.284 e. The lowest BCUT2D eigenvalue weighted by Gasteiger charge is -1.97. The van der Waals surface area contributed by atoms with Crippen LogP contribution in [0.5, 0.6) is 0 Å². The highest BCUT2D eigenvalue weighted by molar-refractivity contribution is 7.12. The Labute approximate surface area is 125 Å². The number of H-pyrrole nitrogens is 1. The lowest BCUT2D eigenvalue weighted by atomic mass is 10.1. The number of fused-ring (bicyclic) bond motifs is 1. The molecule has 0 aliphatic carbocycles. The minimum Gasteiger partial charge on any atom is -0.360 e. The Morgan fingerprint density at radius 3 is 2.73 bits per heavy atom. The molecule has 0 spiro atoms. The monoisotopic (exact) mass is 322 g/mol. The van der Waals surface area contributed by atoms with Crippen molar-refractivity contribution in [3.63, 3.8) is 0 Å². The fourth-order valence-electron chi connectivity index (χ4n) is 1.98. The summed E-state index contributed by atoms with van der Waals surface area (Å²) < 4.78 is 26.5. The molecule has 0 bridgehead atoms.